The Morgan fingerprint density at radius 3 is 2.53 bits per heavy atom. The van der Waals surface area contributed by atoms with Gasteiger partial charge in [-0.2, -0.15) is 10.2 Å². The Kier molecular flexibility index (Phi) is 3.21. The summed E-state index contributed by atoms with van der Waals surface area (Å²) in [6.07, 6.45) is 0. The van der Waals surface area contributed by atoms with Crippen molar-refractivity contribution in [1.29, 1.82) is 5.26 Å². The Balaban J connectivity index is 2.22. The number of aromatic nitrogens is 2. The maximum atomic E-state index is 8.68. The summed E-state index contributed by atoms with van der Waals surface area (Å²) in [5.41, 5.74) is 6.96. The van der Waals surface area contributed by atoms with Crippen molar-refractivity contribution in [3.63, 3.8) is 0 Å². The Morgan fingerprint density at radius 2 is 1.94 bits per heavy atom. The molecule has 0 saturated heterocycles. The maximum Gasteiger partial charge on any atom is 0.223 e. The summed E-state index contributed by atoms with van der Waals surface area (Å²) in [4.78, 5) is 7.94. The van der Waals surface area contributed by atoms with Gasteiger partial charge in [0.15, 0.2) is 0 Å². The van der Waals surface area contributed by atoms with Crippen LogP contribution in [0.25, 0.3) is 0 Å². The lowest BCUT2D eigenvalue weighted by molar-refractivity contribution is 1.16. The number of nitrogens with zero attached hydrogens (tertiary/aromatic N) is 3. The molecule has 84 valence electrons. The van der Waals surface area contributed by atoms with Gasteiger partial charge in [-0.25, -0.2) is 4.98 Å². The largest absolute Gasteiger partial charge is 0.368 e. The van der Waals surface area contributed by atoms with Crippen molar-refractivity contribution < 1.29 is 0 Å². The molecule has 0 radical (unpaired) electrons. The highest BCUT2D eigenvalue weighted by molar-refractivity contribution is 9.10. The minimum atomic E-state index is 0.190. The second kappa shape index (κ2) is 4.80. The van der Waals surface area contributed by atoms with Gasteiger partial charge >= 0.3 is 0 Å². The molecular weight excluding hydrogens is 282 g/mol. The van der Waals surface area contributed by atoms with Crippen LogP contribution in [0, 0.1) is 11.3 Å². The van der Waals surface area contributed by atoms with E-state index in [0.29, 0.717) is 16.0 Å². The summed E-state index contributed by atoms with van der Waals surface area (Å²) in [5.74, 6) is 0.782. The number of anilines is 3. The Bertz CT molecular complexity index is 553. The SMILES string of the molecule is N#Cc1ccc(Nc2cc(Br)nc(N)n2)cc1. The van der Waals surface area contributed by atoms with E-state index < -0.39 is 0 Å². The molecule has 3 N–H and O–H groups in total. The van der Waals surface area contributed by atoms with E-state index in [2.05, 4.69) is 37.3 Å². The molecule has 5 nitrogen and oxygen atoms in total. The number of halogens is 1. The average molecular weight is 290 g/mol. The molecule has 1 aromatic carbocycles. The Morgan fingerprint density at radius 1 is 1.24 bits per heavy atom. The topological polar surface area (TPSA) is 87.6 Å². The number of benzene rings is 1. The first kappa shape index (κ1) is 11.4. The summed E-state index contributed by atoms with van der Waals surface area (Å²) < 4.78 is 0.612. The van der Waals surface area contributed by atoms with Crippen LogP contribution in [0.3, 0.4) is 0 Å². The van der Waals surface area contributed by atoms with E-state index in [1.807, 2.05) is 0 Å². The average Bonchev–Trinajstić information content (AvgIpc) is 2.28. The minimum absolute atomic E-state index is 0.190. The molecule has 1 heterocycles. The maximum absolute atomic E-state index is 8.68. The predicted molar refractivity (Wildman–Crippen MR) is 68.6 cm³/mol. The summed E-state index contributed by atoms with van der Waals surface area (Å²) >= 11 is 3.23. The lowest BCUT2D eigenvalue weighted by atomic mass is 10.2. The molecular formula is C11H8BrN5. The van der Waals surface area contributed by atoms with E-state index in [9.17, 15) is 0 Å². The quantitative estimate of drug-likeness (QED) is 0.829. The third-order valence-electron chi connectivity index (χ3n) is 2.00. The molecule has 0 amide bonds. The zero-order valence-electron chi connectivity index (χ0n) is 8.68. The van der Waals surface area contributed by atoms with E-state index in [4.69, 9.17) is 11.0 Å². The summed E-state index contributed by atoms with van der Waals surface area (Å²) in [5, 5.41) is 11.7. The molecule has 2 rings (SSSR count). The first-order valence-electron chi connectivity index (χ1n) is 4.74. The van der Waals surface area contributed by atoms with Crippen LogP contribution in [-0.2, 0) is 0 Å². The van der Waals surface area contributed by atoms with E-state index in [0.717, 1.165) is 5.69 Å². The van der Waals surface area contributed by atoms with Crippen LogP contribution in [-0.4, -0.2) is 9.97 Å². The van der Waals surface area contributed by atoms with Crippen LogP contribution in [0.2, 0.25) is 0 Å². The van der Waals surface area contributed by atoms with Gasteiger partial charge in [0.25, 0.3) is 0 Å². The van der Waals surface area contributed by atoms with Gasteiger partial charge in [-0.15, -0.1) is 0 Å². The summed E-state index contributed by atoms with van der Waals surface area (Å²) in [7, 11) is 0. The highest BCUT2D eigenvalue weighted by Crippen LogP contribution is 2.18. The van der Waals surface area contributed by atoms with Crippen molar-refractivity contribution in [2.75, 3.05) is 11.1 Å². The standard InChI is InChI=1S/C11H8BrN5/c12-9-5-10(17-11(14)16-9)15-8-3-1-7(6-13)2-4-8/h1-5H,(H3,14,15,16,17). The number of nitrogens with one attached hydrogen (secondary N) is 1. The number of rotatable bonds is 2. The molecule has 0 spiro atoms. The molecule has 0 aliphatic heterocycles. The second-order valence-electron chi connectivity index (χ2n) is 3.25. The fraction of sp³-hybridized carbons (Fsp3) is 0. The van der Waals surface area contributed by atoms with Crippen LogP contribution in [0.5, 0.6) is 0 Å². The van der Waals surface area contributed by atoms with Gasteiger partial charge in [-0.3, -0.25) is 0 Å². The smallest absolute Gasteiger partial charge is 0.223 e. The van der Waals surface area contributed by atoms with Crippen molar-refractivity contribution in [2.24, 2.45) is 0 Å². The van der Waals surface area contributed by atoms with Gasteiger partial charge < -0.3 is 11.1 Å². The summed E-state index contributed by atoms with van der Waals surface area (Å²) in [6, 6.07) is 10.8. The molecule has 17 heavy (non-hydrogen) atoms. The number of nitrogen functional groups attached to an aromatic ring is 1. The fourth-order valence-electron chi connectivity index (χ4n) is 1.28. The highest BCUT2D eigenvalue weighted by atomic mass is 79.9. The number of nitriles is 1. The van der Waals surface area contributed by atoms with Gasteiger partial charge in [0.1, 0.15) is 10.4 Å². The van der Waals surface area contributed by atoms with Crippen LogP contribution in [0.4, 0.5) is 17.5 Å². The van der Waals surface area contributed by atoms with Gasteiger partial charge in [0, 0.05) is 11.8 Å². The zero-order valence-corrected chi connectivity index (χ0v) is 10.3. The molecule has 0 saturated carbocycles. The van der Waals surface area contributed by atoms with E-state index in [1.165, 1.54) is 0 Å². The van der Waals surface area contributed by atoms with Crippen molar-refractivity contribution in [2.45, 2.75) is 0 Å². The van der Waals surface area contributed by atoms with Crippen molar-refractivity contribution >= 4 is 33.4 Å². The fourth-order valence-corrected chi connectivity index (χ4v) is 1.67. The molecule has 1 aromatic heterocycles. The van der Waals surface area contributed by atoms with E-state index in [-0.39, 0.29) is 5.95 Å². The molecule has 0 aliphatic carbocycles. The number of hydrogen-bond acceptors (Lipinski definition) is 5. The van der Waals surface area contributed by atoms with Gasteiger partial charge in [0.05, 0.1) is 11.6 Å². The van der Waals surface area contributed by atoms with E-state index >= 15 is 0 Å². The van der Waals surface area contributed by atoms with Crippen molar-refractivity contribution in [1.82, 2.24) is 9.97 Å². The monoisotopic (exact) mass is 289 g/mol. The Hall–Kier alpha value is -2.13. The number of hydrogen-bond donors (Lipinski definition) is 2. The summed E-state index contributed by atoms with van der Waals surface area (Å²) in [6.45, 7) is 0. The van der Waals surface area contributed by atoms with E-state index in [1.54, 1.807) is 30.3 Å². The first-order chi connectivity index (χ1) is 8.17. The van der Waals surface area contributed by atoms with Crippen molar-refractivity contribution in [3.05, 3.63) is 40.5 Å². The highest BCUT2D eigenvalue weighted by Gasteiger charge is 2.00. The minimum Gasteiger partial charge on any atom is -0.368 e. The van der Waals surface area contributed by atoms with Crippen LogP contribution in [0.15, 0.2) is 34.9 Å². The normalized spacial score (nSPS) is 9.65. The number of nitrogens with two attached hydrogens (primary N) is 1. The molecule has 2 aromatic rings. The molecule has 0 bridgehead atoms. The third kappa shape index (κ3) is 2.92. The van der Waals surface area contributed by atoms with Crippen LogP contribution in [0.1, 0.15) is 5.56 Å². The second-order valence-corrected chi connectivity index (χ2v) is 4.06. The van der Waals surface area contributed by atoms with Crippen molar-refractivity contribution in [3.8, 4) is 6.07 Å². The van der Waals surface area contributed by atoms with Gasteiger partial charge in [0.2, 0.25) is 5.95 Å². The Labute approximate surface area is 106 Å². The molecule has 6 heteroatoms. The van der Waals surface area contributed by atoms with Gasteiger partial charge in [-0.05, 0) is 40.2 Å². The van der Waals surface area contributed by atoms with Gasteiger partial charge in [-0.1, -0.05) is 0 Å². The van der Waals surface area contributed by atoms with Crippen LogP contribution >= 0.6 is 15.9 Å². The molecule has 0 fully saturated rings. The predicted octanol–water partition coefficient (Wildman–Crippen LogP) is 2.44. The lowest BCUT2D eigenvalue weighted by Gasteiger charge is -2.06. The zero-order chi connectivity index (χ0) is 12.3. The molecule has 0 aliphatic rings. The van der Waals surface area contributed by atoms with Crippen LogP contribution < -0.4 is 11.1 Å². The third-order valence-corrected chi connectivity index (χ3v) is 2.40. The first-order valence-corrected chi connectivity index (χ1v) is 5.54. The lowest BCUT2D eigenvalue weighted by Crippen LogP contribution is -2.00. The molecule has 0 atom stereocenters. The molecule has 0 unspecified atom stereocenters.